The molecule has 5 aromatic rings. The summed E-state index contributed by atoms with van der Waals surface area (Å²) < 4.78 is 1.10. The fourth-order valence-corrected chi connectivity index (χ4v) is 6.07. The summed E-state index contributed by atoms with van der Waals surface area (Å²) in [7, 11) is 0. The SMILES string of the molecule is Clc1ccc2c(c1)C(c1ccccc1)(c1ccc(-c3ccccc3)cc1)c1cccc(Br)c1-2. The summed E-state index contributed by atoms with van der Waals surface area (Å²) in [5.41, 5.74) is 9.39. The molecule has 1 atom stereocenters. The first-order valence-electron chi connectivity index (χ1n) is 11.0. The van der Waals surface area contributed by atoms with Gasteiger partial charge in [0.25, 0.3) is 0 Å². The van der Waals surface area contributed by atoms with E-state index in [0.717, 1.165) is 9.50 Å². The van der Waals surface area contributed by atoms with Crippen LogP contribution in [0.4, 0.5) is 0 Å². The Morgan fingerprint density at radius 1 is 0.545 bits per heavy atom. The molecule has 0 saturated carbocycles. The molecule has 0 N–H and O–H groups in total. The van der Waals surface area contributed by atoms with Gasteiger partial charge in [0, 0.05) is 15.1 Å². The Kier molecular flexibility index (Phi) is 4.98. The average molecular weight is 508 g/mol. The van der Waals surface area contributed by atoms with Crippen molar-refractivity contribution >= 4 is 27.5 Å². The maximum atomic E-state index is 6.60. The topological polar surface area (TPSA) is 0 Å². The van der Waals surface area contributed by atoms with Gasteiger partial charge in [0.2, 0.25) is 0 Å². The fraction of sp³-hybridized carbons (Fsp3) is 0.0323. The van der Waals surface area contributed by atoms with Crippen LogP contribution in [0.15, 0.2) is 126 Å². The van der Waals surface area contributed by atoms with E-state index in [1.54, 1.807) is 0 Å². The van der Waals surface area contributed by atoms with Crippen molar-refractivity contribution < 1.29 is 0 Å². The molecule has 1 aliphatic carbocycles. The van der Waals surface area contributed by atoms with Crippen molar-refractivity contribution in [2.75, 3.05) is 0 Å². The third kappa shape index (κ3) is 3.11. The summed E-state index contributed by atoms with van der Waals surface area (Å²) in [5, 5.41) is 0.749. The summed E-state index contributed by atoms with van der Waals surface area (Å²) in [6.07, 6.45) is 0. The summed E-state index contributed by atoms with van der Waals surface area (Å²) in [6, 6.07) is 43.1. The van der Waals surface area contributed by atoms with E-state index in [-0.39, 0.29) is 0 Å². The molecular formula is C31H20BrCl. The molecular weight excluding hydrogens is 488 g/mol. The minimum absolute atomic E-state index is 0.449. The minimum Gasteiger partial charge on any atom is -0.0843 e. The van der Waals surface area contributed by atoms with Gasteiger partial charge in [0.05, 0.1) is 5.41 Å². The largest absolute Gasteiger partial charge is 0.0843 e. The molecule has 0 nitrogen and oxygen atoms in total. The zero-order chi connectivity index (χ0) is 22.4. The molecule has 5 aromatic carbocycles. The van der Waals surface area contributed by atoms with Crippen LogP contribution in [0.1, 0.15) is 22.3 Å². The van der Waals surface area contributed by atoms with Crippen LogP contribution in [0.2, 0.25) is 5.02 Å². The van der Waals surface area contributed by atoms with E-state index < -0.39 is 5.41 Å². The lowest BCUT2D eigenvalue weighted by molar-refractivity contribution is 0.768. The van der Waals surface area contributed by atoms with E-state index in [9.17, 15) is 0 Å². The Morgan fingerprint density at radius 3 is 1.91 bits per heavy atom. The summed E-state index contributed by atoms with van der Waals surface area (Å²) in [6.45, 7) is 0. The highest BCUT2D eigenvalue weighted by Crippen LogP contribution is 2.58. The molecule has 0 saturated heterocycles. The number of benzene rings is 5. The van der Waals surface area contributed by atoms with Crippen LogP contribution >= 0.6 is 27.5 Å². The molecule has 0 amide bonds. The molecule has 0 fully saturated rings. The molecule has 158 valence electrons. The monoisotopic (exact) mass is 506 g/mol. The maximum absolute atomic E-state index is 6.60. The van der Waals surface area contributed by atoms with Crippen molar-refractivity contribution in [2.24, 2.45) is 0 Å². The molecule has 33 heavy (non-hydrogen) atoms. The van der Waals surface area contributed by atoms with Gasteiger partial charge in [-0.15, -0.1) is 0 Å². The summed E-state index contributed by atoms with van der Waals surface area (Å²) in [4.78, 5) is 0. The van der Waals surface area contributed by atoms with Crippen molar-refractivity contribution in [3.8, 4) is 22.3 Å². The van der Waals surface area contributed by atoms with Gasteiger partial charge in [-0.1, -0.05) is 131 Å². The lowest BCUT2D eigenvalue weighted by Crippen LogP contribution is -2.28. The van der Waals surface area contributed by atoms with Crippen LogP contribution in [-0.4, -0.2) is 0 Å². The van der Waals surface area contributed by atoms with Gasteiger partial charge in [-0.05, 0) is 57.1 Å². The molecule has 6 rings (SSSR count). The first-order valence-corrected chi connectivity index (χ1v) is 12.2. The molecule has 1 unspecified atom stereocenters. The standard InChI is InChI=1S/C31H20BrCl/c32-29-13-7-12-27-30(29)26-19-18-25(33)20-28(26)31(27,23-10-5-2-6-11-23)24-16-14-22(15-17-24)21-8-3-1-4-9-21/h1-20H. The highest BCUT2D eigenvalue weighted by Gasteiger charge is 2.46. The molecule has 0 bridgehead atoms. The fourth-order valence-electron chi connectivity index (χ4n) is 5.32. The normalized spacial score (nSPS) is 16.3. The van der Waals surface area contributed by atoms with E-state index >= 15 is 0 Å². The molecule has 2 heteroatoms. The van der Waals surface area contributed by atoms with Crippen LogP contribution in [-0.2, 0) is 5.41 Å². The second-order valence-electron chi connectivity index (χ2n) is 8.41. The molecule has 1 aliphatic rings. The molecule has 0 spiro atoms. The lowest BCUT2D eigenvalue weighted by atomic mass is 9.67. The van der Waals surface area contributed by atoms with Crippen LogP contribution < -0.4 is 0 Å². The van der Waals surface area contributed by atoms with Gasteiger partial charge >= 0.3 is 0 Å². The number of fused-ring (bicyclic) bond motifs is 3. The Labute approximate surface area is 207 Å². The zero-order valence-corrected chi connectivity index (χ0v) is 20.1. The quantitative estimate of drug-likeness (QED) is 0.224. The smallest absolute Gasteiger partial charge is 0.0714 e. The van der Waals surface area contributed by atoms with Gasteiger partial charge in [-0.3, -0.25) is 0 Å². The summed E-state index contributed by atoms with van der Waals surface area (Å²) >= 11 is 10.4. The summed E-state index contributed by atoms with van der Waals surface area (Å²) in [5.74, 6) is 0. The zero-order valence-electron chi connectivity index (χ0n) is 17.8. The Morgan fingerprint density at radius 2 is 1.18 bits per heavy atom. The highest BCUT2D eigenvalue weighted by molar-refractivity contribution is 9.10. The first kappa shape index (κ1) is 20.5. The van der Waals surface area contributed by atoms with Crippen LogP contribution in [0.5, 0.6) is 0 Å². The van der Waals surface area contributed by atoms with Crippen molar-refractivity contribution in [3.63, 3.8) is 0 Å². The number of hydrogen-bond acceptors (Lipinski definition) is 0. The van der Waals surface area contributed by atoms with Gasteiger partial charge < -0.3 is 0 Å². The third-order valence-corrected chi connectivity index (χ3v) is 7.60. The van der Waals surface area contributed by atoms with Crippen molar-refractivity contribution in [2.45, 2.75) is 5.41 Å². The Balaban J connectivity index is 1.69. The molecule has 0 radical (unpaired) electrons. The predicted octanol–water partition coefficient (Wildman–Crippen LogP) is 9.13. The Hall–Kier alpha value is -3.13. The average Bonchev–Trinajstić information content (AvgIpc) is 3.16. The molecule has 0 heterocycles. The van der Waals surface area contributed by atoms with Crippen molar-refractivity contribution in [1.82, 2.24) is 0 Å². The van der Waals surface area contributed by atoms with Gasteiger partial charge in [0.15, 0.2) is 0 Å². The number of hydrogen-bond donors (Lipinski definition) is 0. The minimum atomic E-state index is -0.449. The second-order valence-corrected chi connectivity index (χ2v) is 9.70. The van der Waals surface area contributed by atoms with Gasteiger partial charge in [-0.2, -0.15) is 0 Å². The van der Waals surface area contributed by atoms with E-state index in [4.69, 9.17) is 11.6 Å². The van der Waals surface area contributed by atoms with Crippen LogP contribution in [0.3, 0.4) is 0 Å². The van der Waals surface area contributed by atoms with Crippen LogP contribution in [0.25, 0.3) is 22.3 Å². The van der Waals surface area contributed by atoms with E-state index in [1.807, 2.05) is 6.07 Å². The van der Waals surface area contributed by atoms with Crippen molar-refractivity contribution in [3.05, 3.63) is 153 Å². The van der Waals surface area contributed by atoms with Gasteiger partial charge in [0.1, 0.15) is 0 Å². The molecule has 0 aromatic heterocycles. The van der Waals surface area contributed by atoms with Crippen LogP contribution in [0, 0.1) is 0 Å². The third-order valence-electron chi connectivity index (χ3n) is 6.70. The lowest BCUT2D eigenvalue weighted by Gasteiger charge is -2.34. The van der Waals surface area contributed by atoms with Crippen molar-refractivity contribution in [1.29, 1.82) is 0 Å². The number of halogens is 2. The predicted molar refractivity (Wildman–Crippen MR) is 142 cm³/mol. The highest BCUT2D eigenvalue weighted by atomic mass is 79.9. The maximum Gasteiger partial charge on any atom is 0.0714 e. The van der Waals surface area contributed by atoms with E-state index in [1.165, 1.54) is 44.5 Å². The van der Waals surface area contributed by atoms with E-state index in [0.29, 0.717) is 0 Å². The first-order chi connectivity index (χ1) is 16.2. The molecule has 0 aliphatic heterocycles. The second kappa shape index (κ2) is 8.02. The van der Waals surface area contributed by atoms with Gasteiger partial charge in [-0.25, -0.2) is 0 Å². The van der Waals surface area contributed by atoms with E-state index in [2.05, 4.69) is 131 Å². The number of rotatable bonds is 3. The Bertz CT molecular complexity index is 1460.